The number of aliphatic hydroxyl groups is 1. The molecule has 3 aromatic rings. The highest BCUT2D eigenvalue weighted by atomic mass is 35.5. The number of nitrogens with one attached hydrogen (secondary N) is 1. The number of phenolic OH excluding ortho intramolecular Hbond substituents is 1. The Morgan fingerprint density at radius 2 is 1.96 bits per heavy atom. The van der Waals surface area contributed by atoms with E-state index in [0.29, 0.717) is 27.4 Å². The summed E-state index contributed by atoms with van der Waals surface area (Å²) in [5, 5.41) is 40.5. The summed E-state index contributed by atoms with van der Waals surface area (Å²) < 4.78 is 5.70. The first-order valence-electron chi connectivity index (χ1n) is 8.28. The third kappa shape index (κ3) is 3.90. The third-order valence-corrected chi connectivity index (χ3v) is 4.99. The Morgan fingerprint density at radius 1 is 1.21 bits per heavy atom. The number of hydrogen-bond donors (Lipinski definition) is 3. The molecule has 0 spiro atoms. The fraction of sp³-hybridized carbons (Fsp3) is 0.211. The molecule has 9 heteroatoms. The van der Waals surface area contributed by atoms with Crippen LogP contribution in [0.5, 0.6) is 5.75 Å². The number of hydrogen-bond acceptors (Lipinski definition) is 7. The zero-order valence-corrected chi connectivity index (χ0v) is 16.5. The van der Waals surface area contributed by atoms with Crippen molar-refractivity contribution in [3.05, 3.63) is 57.4 Å². The molecule has 0 aliphatic rings. The first kappa shape index (κ1) is 20.0. The van der Waals surface area contributed by atoms with E-state index in [1.165, 1.54) is 12.1 Å². The number of halogens is 2. The van der Waals surface area contributed by atoms with Crippen molar-refractivity contribution in [2.75, 3.05) is 5.32 Å². The van der Waals surface area contributed by atoms with Gasteiger partial charge < -0.3 is 19.9 Å². The van der Waals surface area contributed by atoms with E-state index in [2.05, 4.69) is 15.5 Å². The summed E-state index contributed by atoms with van der Waals surface area (Å²) in [4.78, 5) is 0. The number of benzene rings is 2. The molecular formula is C19H16Cl2N4O3. The Morgan fingerprint density at radius 3 is 2.61 bits per heavy atom. The van der Waals surface area contributed by atoms with Gasteiger partial charge in [-0.1, -0.05) is 23.2 Å². The van der Waals surface area contributed by atoms with Crippen LogP contribution in [0, 0.1) is 18.3 Å². The highest BCUT2D eigenvalue weighted by Gasteiger charge is 2.25. The molecule has 0 saturated heterocycles. The number of nitriles is 1. The Balaban J connectivity index is 1.92. The van der Waals surface area contributed by atoms with Crippen LogP contribution in [-0.4, -0.2) is 26.5 Å². The fourth-order valence-electron chi connectivity index (χ4n) is 2.60. The molecule has 1 aromatic heterocycles. The van der Waals surface area contributed by atoms with Crippen LogP contribution >= 0.6 is 23.2 Å². The molecule has 1 heterocycles. The molecule has 3 rings (SSSR count). The molecule has 28 heavy (non-hydrogen) atoms. The van der Waals surface area contributed by atoms with E-state index < -0.39 is 12.1 Å². The Labute approximate surface area is 171 Å². The number of aromatic hydroxyl groups is 1. The van der Waals surface area contributed by atoms with Gasteiger partial charge in [0.25, 0.3) is 0 Å². The van der Waals surface area contributed by atoms with E-state index in [1.54, 1.807) is 32.0 Å². The molecule has 2 atom stereocenters. The summed E-state index contributed by atoms with van der Waals surface area (Å²) in [6, 6.07) is 9.12. The smallest absolute Gasteiger partial charge is 0.247 e. The van der Waals surface area contributed by atoms with Gasteiger partial charge in [-0.25, -0.2) is 0 Å². The lowest BCUT2D eigenvalue weighted by Crippen LogP contribution is -2.23. The number of anilines is 1. The summed E-state index contributed by atoms with van der Waals surface area (Å²) in [6.07, 6.45) is -0.870. The van der Waals surface area contributed by atoms with E-state index in [1.807, 2.05) is 6.07 Å². The van der Waals surface area contributed by atoms with Crippen LogP contribution in [0.1, 0.15) is 30.0 Å². The number of phenols is 1. The SMILES string of the molecule is Cc1c(N[C@@H](c2nnc(-c3ccc(O)c(Cl)c3)o2)[C@H](C)O)ccc(C#N)c1Cl. The summed E-state index contributed by atoms with van der Waals surface area (Å²) in [5.74, 6) is 0.301. The molecule has 0 unspecified atom stereocenters. The zero-order chi connectivity index (χ0) is 20.4. The zero-order valence-electron chi connectivity index (χ0n) is 14.9. The first-order chi connectivity index (χ1) is 13.3. The number of rotatable bonds is 5. The van der Waals surface area contributed by atoms with E-state index in [9.17, 15) is 10.2 Å². The van der Waals surface area contributed by atoms with Crippen LogP contribution in [0.25, 0.3) is 11.5 Å². The van der Waals surface area contributed by atoms with Gasteiger partial charge in [-0.2, -0.15) is 5.26 Å². The average molecular weight is 419 g/mol. The largest absolute Gasteiger partial charge is 0.506 e. The van der Waals surface area contributed by atoms with Gasteiger partial charge in [-0.05, 0) is 49.7 Å². The summed E-state index contributed by atoms with van der Waals surface area (Å²) >= 11 is 12.1. The first-order valence-corrected chi connectivity index (χ1v) is 9.03. The van der Waals surface area contributed by atoms with Gasteiger partial charge in [0.1, 0.15) is 17.9 Å². The van der Waals surface area contributed by atoms with Crippen LogP contribution in [-0.2, 0) is 0 Å². The molecule has 0 fully saturated rings. The minimum Gasteiger partial charge on any atom is -0.506 e. The van der Waals surface area contributed by atoms with Crippen LogP contribution in [0.4, 0.5) is 5.69 Å². The van der Waals surface area contributed by atoms with Crippen molar-refractivity contribution in [3.63, 3.8) is 0 Å². The van der Waals surface area contributed by atoms with Gasteiger partial charge in [0, 0.05) is 11.3 Å². The highest BCUT2D eigenvalue weighted by Crippen LogP contribution is 2.33. The van der Waals surface area contributed by atoms with Crippen LogP contribution in [0.2, 0.25) is 10.0 Å². The maximum absolute atomic E-state index is 10.2. The van der Waals surface area contributed by atoms with Gasteiger partial charge >= 0.3 is 0 Å². The maximum atomic E-state index is 10.2. The van der Waals surface area contributed by atoms with E-state index in [4.69, 9.17) is 32.9 Å². The molecule has 144 valence electrons. The number of aromatic nitrogens is 2. The van der Waals surface area contributed by atoms with Crippen LogP contribution in [0.3, 0.4) is 0 Å². The normalized spacial score (nSPS) is 13.0. The van der Waals surface area contributed by atoms with Gasteiger partial charge in [0.15, 0.2) is 0 Å². The molecule has 7 nitrogen and oxygen atoms in total. The lowest BCUT2D eigenvalue weighted by molar-refractivity contribution is 0.159. The topological polar surface area (TPSA) is 115 Å². The van der Waals surface area contributed by atoms with Crippen molar-refractivity contribution in [1.29, 1.82) is 5.26 Å². The third-order valence-electron chi connectivity index (χ3n) is 4.20. The van der Waals surface area contributed by atoms with Gasteiger partial charge in [0.05, 0.1) is 21.7 Å². The quantitative estimate of drug-likeness (QED) is 0.559. The average Bonchev–Trinajstić information content (AvgIpc) is 3.14. The van der Waals surface area contributed by atoms with Crippen LogP contribution < -0.4 is 5.32 Å². The predicted molar refractivity (Wildman–Crippen MR) is 105 cm³/mol. The van der Waals surface area contributed by atoms with E-state index in [0.717, 1.165) is 0 Å². The standard InChI is InChI=1S/C19H16Cl2N4O3/c1-9-14(5-3-12(8-22)16(9)21)23-17(10(2)26)19-25-24-18(28-19)11-4-6-15(27)13(20)7-11/h3-7,10,17,23,26-27H,1-2H3/t10-,17+/m0/s1. The molecule has 0 bridgehead atoms. The monoisotopic (exact) mass is 418 g/mol. The van der Waals surface area contributed by atoms with Crippen LogP contribution in [0.15, 0.2) is 34.7 Å². The van der Waals surface area contributed by atoms with Gasteiger partial charge in [-0.15, -0.1) is 10.2 Å². The molecular weight excluding hydrogens is 403 g/mol. The molecule has 2 aromatic carbocycles. The molecule has 0 radical (unpaired) electrons. The Hall–Kier alpha value is -2.79. The van der Waals surface area contributed by atoms with Crippen molar-refractivity contribution >= 4 is 28.9 Å². The lowest BCUT2D eigenvalue weighted by Gasteiger charge is -2.21. The van der Waals surface area contributed by atoms with Crippen molar-refractivity contribution in [2.24, 2.45) is 0 Å². The van der Waals surface area contributed by atoms with Crippen molar-refractivity contribution < 1.29 is 14.6 Å². The van der Waals surface area contributed by atoms with Gasteiger partial charge in [-0.3, -0.25) is 0 Å². The number of aliphatic hydroxyl groups excluding tert-OH is 1. The summed E-state index contributed by atoms with van der Waals surface area (Å²) in [5.41, 5.74) is 2.19. The maximum Gasteiger partial charge on any atom is 0.247 e. The van der Waals surface area contributed by atoms with E-state index >= 15 is 0 Å². The Kier molecular flexibility index (Phi) is 5.75. The van der Waals surface area contributed by atoms with Crippen molar-refractivity contribution in [1.82, 2.24) is 10.2 Å². The second kappa shape index (κ2) is 8.07. The molecule has 0 saturated carbocycles. The fourth-order valence-corrected chi connectivity index (χ4v) is 2.99. The molecule has 0 aliphatic carbocycles. The summed E-state index contributed by atoms with van der Waals surface area (Å²) in [7, 11) is 0. The molecule has 3 N–H and O–H groups in total. The molecule has 0 aliphatic heterocycles. The van der Waals surface area contributed by atoms with Crippen molar-refractivity contribution in [3.8, 4) is 23.3 Å². The highest BCUT2D eigenvalue weighted by molar-refractivity contribution is 6.33. The number of nitrogens with zero attached hydrogens (tertiary/aromatic N) is 3. The second-order valence-corrected chi connectivity index (χ2v) is 6.97. The minimum atomic E-state index is -0.870. The minimum absolute atomic E-state index is 0.0538. The summed E-state index contributed by atoms with van der Waals surface area (Å²) in [6.45, 7) is 3.35. The second-order valence-electron chi connectivity index (χ2n) is 6.19. The lowest BCUT2D eigenvalue weighted by atomic mass is 10.1. The van der Waals surface area contributed by atoms with Gasteiger partial charge in [0.2, 0.25) is 11.8 Å². The molecule has 0 amide bonds. The van der Waals surface area contributed by atoms with E-state index in [-0.39, 0.29) is 22.6 Å². The van der Waals surface area contributed by atoms with Crippen molar-refractivity contribution in [2.45, 2.75) is 26.0 Å². The predicted octanol–water partition coefficient (Wildman–Crippen LogP) is 4.46. The Bertz CT molecular complexity index is 1060.